The predicted octanol–water partition coefficient (Wildman–Crippen LogP) is 4.41. The van der Waals surface area contributed by atoms with Crippen molar-refractivity contribution in [3.63, 3.8) is 0 Å². The van der Waals surface area contributed by atoms with Crippen LogP contribution < -0.4 is 5.32 Å². The third-order valence-corrected chi connectivity index (χ3v) is 4.49. The van der Waals surface area contributed by atoms with Crippen molar-refractivity contribution < 1.29 is 9.18 Å². The summed E-state index contributed by atoms with van der Waals surface area (Å²) in [5.74, 6) is 0.350. The fourth-order valence-corrected chi connectivity index (χ4v) is 3.03. The van der Waals surface area contributed by atoms with Crippen LogP contribution in [0.3, 0.4) is 0 Å². The van der Waals surface area contributed by atoms with Crippen molar-refractivity contribution in [1.29, 1.82) is 0 Å². The number of fused-ring (bicyclic) bond motifs is 1. The molecule has 27 heavy (non-hydrogen) atoms. The van der Waals surface area contributed by atoms with Crippen molar-refractivity contribution in [2.45, 2.75) is 20.3 Å². The van der Waals surface area contributed by atoms with E-state index in [0.717, 1.165) is 11.1 Å². The molecule has 0 amide bonds. The monoisotopic (exact) mass is 363 g/mol. The second kappa shape index (κ2) is 6.75. The van der Waals surface area contributed by atoms with Crippen LogP contribution in [0.2, 0.25) is 0 Å². The number of allylic oxidation sites excluding steroid dienone is 4. The minimum absolute atomic E-state index is 0.0811. The summed E-state index contributed by atoms with van der Waals surface area (Å²) in [4.78, 5) is 21.8. The van der Waals surface area contributed by atoms with E-state index < -0.39 is 0 Å². The van der Waals surface area contributed by atoms with Gasteiger partial charge in [0.1, 0.15) is 11.6 Å². The maximum absolute atomic E-state index is 13.6. The molecular weight excluding hydrogens is 345 g/mol. The van der Waals surface area contributed by atoms with E-state index in [9.17, 15) is 9.18 Å². The predicted molar refractivity (Wildman–Crippen MR) is 102 cm³/mol. The Bertz CT molecular complexity index is 1100. The van der Waals surface area contributed by atoms with Crippen LogP contribution in [0.25, 0.3) is 10.9 Å². The van der Waals surface area contributed by atoms with Crippen molar-refractivity contribution in [3.8, 4) is 0 Å². The number of anilines is 2. The molecule has 2 aromatic heterocycles. The maximum Gasteiger partial charge on any atom is 0.226 e. The molecule has 6 nitrogen and oxygen atoms in total. The number of ketones is 1. The molecule has 1 aromatic carbocycles. The van der Waals surface area contributed by atoms with E-state index in [0.29, 0.717) is 29.1 Å². The van der Waals surface area contributed by atoms with Crippen molar-refractivity contribution in [1.82, 2.24) is 20.2 Å². The van der Waals surface area contributed by atoms with Gasteiger partial charge in [0.25, 0.3) is 0 Å². The number of carbonyl (C=O) groups excluding carboxylic acids is 1. The first kappa shape index (κ1) is 17.1. The lowest BCUT2D eigenvalue weighted by Gasteiger charge is -2.16. The molecule has 4 rings (SSSR count). The Morgan fingerprint density at radius 3 is 2.81 bits per heavy atom. The van der Waals surface area contributed by atoms with Gasteiger partial charge in [0.05, 0.1) is 5.52 Å². The number of rotatable bonds is 4. The van der Waals surface area contributed by atoms with Crippen molar-refractivity contribution in [2.75, 3.05) is 5.32 Å². The number of nitrogens with one attached hydrogen (secondary N) is 2. The average molecular weight is 363 g/mol. The van der Waals surface area contributed by atoms with E-state index in [2.05, 4.69) is 25.5 Å². The minimum atomic E-state index is -0.320. The minimum Gasteiger partial charge on any atom is -0.323 e. The van der Waals surface area contributed by atoms with E-state index in [1.54, 1.807) is 6.92 Å². The number of H-pyrrole nitrogens is 1. The molecule has 7 heteroatoms. The molecule has 2 heterocycles. The number of benzene rings is 1. The summed E-state index contributed by atoms with van der Waals surface area (Å²) in [6.45, 7) is 3.65. The summed E-state index contributed by atoms with van der Waals surface area (Å²) in [5, 5.41) is 10.9. The summed E-state index contributed by atoms with van der Waals surface area (Å²) in [6, 6.07) is 9.29. The van der Waals surface area contributed by atoms with Gasteiger partial charge in [0.15, 0.2) is 5.82 Å². The Morgan fingerprint density at radius 1 is 1.26 bits per heavy atom. The maximum atomic E-state index is 13.6. The highest BCUT2D eigenvalue weighted by Crippen LogP contribution is 2.29. The van der Waals surface area contributed by atoms with Gasteiger partial charge in [0.2, 0.25) is 11.6 Å². The highest BCUT2D eigenvalue weighted by Gasteiger charge is 2.23. The largest absolute Gasteiger partial charge is 0.323 e. The summed E-state index contributed by atoms with van der Waals surface area (Å²) >= 11 is 0. The van der Waals surface area contributed by atoms with Crippen molar-refractivity contribution in [2.24, 2.45) is 5.92 Å². The van der Waals surface area contributed by atoms with Crippen LogP contribution in [0.4, 0.5) is 16.0 Å². The Kier molecular flexibility index (Phi) is 4.27. The first-order valence-corrected chi connectivity index (χ1v) is 8.68. The molecule has 1 unspecified atom stereocenters. The Hall–Kier alpha value is -3.35. The molecule has 0 saturated heterocycles. The molecule has 3 aromatic rings. The van der Waals surface area contributed by atoms with E-state index in [1.165, 1.54) is 12.2 Å². The van der Waals surface area contributed by atoms with Crippen LogP contribution in [0.1, 0.15) is 29.7 Å². The number of Topliss-reactive ketones (excluding diaryl/α,β-unsaturated/α-hetero) is 1. The summed E-state index contributed by atoms with van der Waals surface area (Å²) in [6.07, 6.45) is 3.19. The Labute approximate surface area is 155 Å². The highest BCUT2D eigenvalue weighted by molar-refractivity contribution is 6.08. The molecule has 0 bridgehead atoms. The molecule has 1 aliphatic carbocycles. The molecule has 0 spiro atoms. The van der Waals surface area contributed by atoms with Crippen LogP contribution in [0.15, 0.2) is 53.9 Å². The first-order valence-electron chi connectivity index (χ1n) is 8.68. The van der Waals surface area contributed by atoms with Gasteiger partial charge in [-0.15, -0.1) is 0 Å². The fraction of sp³-hybridized carbons (Fsp3) is 0.200. The second-order valence-corrected chi connectivity index (χ2v) is 6.65. The molecule has 0 radical (unpaired) electrons. The number of para-hydroxylation sites is 1. The zero-order chi connectivity index (χ0) is 19.0. The van der Waals surface area contributed by atoms with Crippen LogP contribution in [-0.2, 0) is 0 Å². The molecule has 136 valence electrons. The zero-order valence-corrected chi connectivity index (χ0v) is 15.0. The molecular formula is C20H18FN5O. The zero-order valence-electron chi connectivity index (χ0n) is 15.0. The van der Waals surface area contributed by atoms with Gasteiger partial charge < -0.3 is 5.32 Å². The van der Waals surface area contributed by atoms with Gasteiger partial charge in [-0.2, -0.15) is 5.10 Å². The summed E-state index contributed by atoms with van der Waals surface area (Å²) in [7, 11) is 0. The van der Waals surface area contributed by atoms with E-state index in [4.69, 9.17) is 0 Å². The molecule has 0 saturated carbocycles. The van der Waals surface area contributed by atoms with Gasteiger partial charge in [-0.05, 0) is 31.6 Å². The average Bonchev–Trinajstić information content (AvgIpc) is 3.08. The van der Waals surface area contributed by atoms with E-state index >= 15 is 0 Å². The molecule has 0 fully saturated rings. The Balaban J connectivity index is 1.76. The molecule has 1 aliphatic rings. The Morgan fingerprint density at radius 2 is 2.07 bits per heavy atom. The number of aromatic amines is 1. The number of aryl methyl sites for hydroxylation is 1. The molecule has 1 atom stereocenters. The second-order valence-electron chi connectivity index (χ2n) is 6.65. The summed E-state index contributed by atoms with van der Waals surface area (Å²) in [5.41, 5.74) is 2.06. The lowest BCUT2D eigenvalue weighted by atomic mass is 9.92. The van der Waals surface area contributed by atoms with Gasteiger partial charge >= 0.3 is 0 Å². The lowest BCUT2D eigenvalue weighted by molar-refractivity contribution is 0.101. The number of carbonyl (C=O) groups is 1. The first-order chi connectivity index (χ1) is 13.0. The standard InChI is InChI=1S/C20H18FN5O/c1-11-9-13(7-8-15(11)21)18(27)20-22-16-6-4-3-5-14(16)19(24-20)23-17-10-12(2)25-26-17/h3-8,10-11H,9H2,1-2H3,(H2,22,23,24,25,26). The normalized spacial score (nSPS) is 16.8. The third kappa shape index (κ3) is 3.36. The quantitative estimate of drug-likeness (QED) is 0.671. The third-order valence-electron chi connectivity index (χ3n) is 4.49. The van der Waals surface area contributed by atoms with Gasteiger partial charge in [-0.25, -0.2) is 14.4 Å². The van der Waals surface area contributed by atoms with Crippen molar-refractivity contribution in [3.05, 3.63) is 65.4 Å². The fourth-order valence-electron chi connectivity index (χ4n) is 3.03. The lowest BCUT2D eigenvalue weighted by Crippen LogP contribution is -2.14. The topological polar surface area (TPSA) is 83.6 Å². The van der Waals surface area contributed by atoms with E-state index in [-0.39, 0.29) is 23.4 Å². The number of nitrogens with zero attached hydrogens (tertiary/aromatic N) is 3. The van der Waals surface area contributed by atoms with Crippen LogP contribution >= 0.6 is 0 Å². The van der Waals surface area contributed by atoms with Crippen LogP contribution in [0.5, 0.6) is 0 Å². The van der Waals surface area contributed by atoms with Crippen LogP contribution in [0, 0.1) is 12.8 Å². The highest BCUT2D eigenvalue weighted by atomic mass is 19.1. The van der Waals surface area contributed by atoms with Gasteiger partial charge in [0, 0.05) is 28.6 Å². The van der Waals surface area contributed by atoms with E-state index in [1.807, 2.05) is 37.3 Å². The van der Waals surface area contributed by atoms with Gasteiger partial charge in [-0.3, -0.25) is 9.89 Å². The summed E-state index contributed by atoms with van der Waals surface area (Å²) < 4.78 is 13.6. The molecule has 2 N–H and O–H groups in total. The number of hydrogen-bond donors (Lipinski definition) is 2. The van der Waals surface area contributed by atoms with Crippen LogP contribution in [-0.4, -0.2) is 25.9 Å². The molecule has 0 aliphatic heterocycles. The number of hydrogen-bond acceptors (Lipinski definition) is 5. The van der Waals surface area contributed by atoms with Crippen molar-refractivity contribution >= 4 is 28.3 Å². The van der Waals surface area contributed by atoms with Gasteiger partial charge in [-0.1, -0.05) is 25.1 Å². The smallest absolute Gasteiger partial charge is 0.226 e. The number of halogens is 1. The number of aromatic nitrogens is 4. The SMILES string of the molecule is Cc1cc(Nc2nc(C(=O)C3=CC=C(F)C(C)C3)nc3ccccc23)n[nH]1.